The van der Waals surface area contributed by atoms with E-state index in [1.807, 2.05) is 12.3 Å². The van der Waals surface area contributed by atoms with Gasteiger partial charge in [0.25, 0.3) is 0 Å². The van der Waals surface area contributed by atoms with Gasteiger partial charge in [0.15, 0.2) is 5.13 Å². The quantitative estimate of drug-likeness (QED) is 0.697. The van der Waals surface area contributed by atoms with Crippen LogP contribution in [0, 0.1) is 0 Å². The van der Waals surface area contributed by atoms with Crippen molar-refractivity contribution >= 4 is 22.8 Å². The van der Waals surface area contributed by atoms with Crippen molar-refractivity contribution in [1.29, 1.82) is 0 Å². The van der Waals surface area contributed by atoms with E-state index in [4.69, 9.17) is 0 Å². The molecule has 0 bridgehead atoms. The van der Waals surface area contributed by atoms with E-state index in [1.54, 1.807) is 6.20 Å². The summed E-state index contributed by atoms with van der Waals surface area (Å²) in [7, 11) is 0. The molecule has 1 unspecified atom stereocenters. The Morgan fingerprint density at radius 1 is 1.91 bits per heavy atom. The van der Waals surface area contributed by atoms with Gasteiger partial charge in [-0.15, -0.1) is 11.3 Å². The van der Waals surface area contributed by atoms with Crippen LogP contribution in [0.4, 0.5) is 5.13 Å². The molecule has 0 radical (unpaired) electrons. The number of rotatable bonds is 4. The second kappa shape index (κ2) is 4.08. The number of nitrogens with one attached hydrogen (secondary N) is 1. The number of anilines is 1. The van der Waals surface area contributed by atoms with E-state index in [1.165, 1.54) is 11.3 Å². The Hall–Kier alpha value is -0.900. The highest BCUT2D eigenvalue weighted by molar-refractivity contribution is 7.13. The summed E-state index contributed by atoms with van der Waals surface area (Å²) >= 11 is 1.50. The van der Waals surface area contributed by atoms with E-state index >= 15 is 0 Å². The van der Waals surface area contributed by atoms with Crippen LogP contribution in [-0.2, 0) is 4.79 Å². The number of nitrogens with zero attached hydrogens (tertiary/aromatic N) is 1. The predicted molar refractivity (Wildman–Crippen MR) is 45.9 cm³/mol. The van der Waals surface area contributed by atoms with Crippen LogP contribution in [0.25, 0.3) is 0 Å². The van der Waals surface area contributed by atoms with Crippen LogP contribution in [0.3, 0.4) is 0 Å². The maximum atomic E-state index is 10.4. The average Bonchev–Trinajstić information content (AvgIpc) is 2.52. The first-order valence-electron chi connectivity index (χ1n) is 3.48. The summed E-state index contributed by atoms with van der Waals surface area (Å²) < 4.78 is 0. The fraction of sp³-hybridized carbons (Fsp3) is 0.429. The van der Waals surface area contributed by atoms with E-state index < -0.39 is 0 Å². The molecule has 0 amide bonds. The van der Waals surface area contributed by atoms with Crippen LogP contribution >= 0.6 is 11.3 Å². The first kappa shape index (κ1) is 8.20. The number of hydrogen-bond acceptors (Lipinski definition) is 4. The highest BCUT2D eigenvalue weighted by Crippen LogP contribution is 2.11. The lowest BCUT2D eigenvalue weighted by molar-refractivity contribution is -0.108. The number of aromatic nitrogens is 1. The third-order valence-corrected chi connectivity index (χ3v) is 2.05. The molecule has 3 nitrogen and oxygen atoms in total. The van der Waals surface area contributed by atoms with Gasteiger partial charge in [-0.25, -0.2) is 4.98 Å². The molecule has 1 aromatic heterocycles. The molecular weight excluding hydrogens is 160 g/mol. The largest absolute Gasteiger partial charge is 0.352 e. The topological polar surface area (TPSA) is 42.0 Å². The second-order valence-electron chi connectivity index (χ2n) is 2.13. The smallest absolute Gasteiger partial charge is 0.183 e. The van der Waals surface area contributed by atoms with E-state index in [-0.39, 0.29) is 6.04 Å². The summed E-state index contributed by atoms with van der Waals surface area (Å²) in [5.74, 6) is 0. The minimum absolute atomic E-state index is 0.0962. The molecular formula is C7H10N2OS. The first-order chi connectivity index (χ1) is 5.36. The third-order valence-electron chi connectivity index (χ3n) is 1.35. The van der Waals surface area contributed by atoms with Crippen LogP contribution in [0.15, 0.2) is 11.6 Å². The summed E-state index contributed by atoms with van der Waals surface area (Å²) in [6.07, 6.45) is 3.41. The van der Waals surface area contributed by atoms with E-state index in [0.29, 0.717) is 0 Å². The van der Waals surface area contributed by atoms with Crippen molar-refractivity contribution in [3.05, 3.63) is 11.6 Å². The summed E-state index contributed by atoms with van der Waals surface area (Å²) in [6.45, 7) is 1.96. The van der Waals surface area contributed by atoms with Crippen molar-refractivity contribution in [3.8, 4) is 0 Å². The molecule has 0 aliphatic heterocycles. The third kappa shape index (κ3) is 2.31. The summed E-state index contributed by atoms with van der Waals surface area (Å²) in [5.41, 5.74) is 0. The van der Waals surface area contributed by atoms with Crippen molar-refractivity contribution in [2.24, 2.45) is 0 Å². The predicted octanol–water partition coefficient (Wildman–Crippen LogP) is 1.53. The molecule has 11 heavy (non-hydrogen) atoms. The van der Waals surface area contributed by atoms with E-state index in [9.17, 15) is 4.79 Å². The monoisotopic (exact) mass is 170 g/mol. The Bertz CT molecular complexity index is 210. The van der Waals surface area contributed by atoms with Crippen LogP contribution in [0.2, 0.25) is 0 Å². The zero-order chi connectivity index (χ0) is 8.10. The van der Waals surface area contributed by atoms with Gasteiger partial charge in [-0.3, -0.25) is 0 Å². The molecule has 0 aliphatic rings. The maximum absolute atomic E-state index is 10.4. The Balaban J connectivity index is 2.47. The van der Waals surface area contributed by atoms with Gasteiger partial charge >= 0.3 is 0 Å². The van der Waals surface area contributed by atoms with E-state index in [0.717, 1.165) is 17.8 Å². The van der Waals surface area contributed by atoms with Gasteiger partial charge in [-0.1, -0.05) is 6.92 Å². The Morgan fingerprint density at radius 3 is 3.18 bits per heavy atom. The Morgan fingerprint density at radius 2 is 2.73 bits per heavy atom. The molecule has 1 N–H and O–H groups in total. The first-order valence-corrected chi connectivity index (χ1v) is 4.36. The standard InChI is InChI=1S/C7H10N2OS/c1-2-6(5-10)9-7-8-3-4-11-7/h3-6H,2H2,1H3,(H,8,9). The molecule has 1 atom stereocenters. The normalized spacial score (nSPS) is 12.5. The number of carbonyl (C=O) groups is 1. The number of carbonyl (C=O) groups excluding carboxylic acids is 1. The van der Waals surface area contributed by atoms with Crippen molar-refractivity contribution < 1.29 is 4.79 Å². The summed E-state index contributed by atoms with van der Waals surface area (Å²) in [4.78, 5) is 14.4. The van der Waals surface area contributed by atoms with Crippen molar-refractivity contribution in [2.75, 3.05) is 5.32 Å². The SMILES string of the molecule is CCC(C=O)Nc1nccs1. The summed E-state index contributed by atoms with van der Waals surface area (Å²) in [5, 5.41) is 5.68. The number of aldehydes is 1. The maximum Gasteiger partial charge on any atom is 0.183 e. The van der Waals surface area contributed by atoms with Crippen LogP contribution in [0.5, 0.6) is 0 Å². The zero-order valence-corrected chi connectivity index (χ0v) is 7.10. The van der Waals surface area contributed by atoms with Gasteiger partial charge < -0.3 is 10.1 Å². The van der Waals surface area contributed by atoms with Gasteiger partial charge in [0.1, 0.15) is 6.29 Å². The molecule has 0 aromatic carbocycles. The average molecular weight is 170 g/mol. The van der Waals surface area contributed by atoms with Gasteiger partial charge in [0.2, 0.25) is 0 Å². The van der Waals surface area contributed by atoms with Gasteiger partial charge in [0.05, 0.1) is 6.04 Å². The van der Waals surface area contributed by atoms with E-state index in [2.05, 4.69) is 10.3 Å². The number of thiazole rings is 1. The second-order valence-corrected chi connectivity index (χ2v) is 3.03. The number of hydrogen-bond donors (Lipinski definition) is 1. The van der Waals surface area contributed by atoms with Gasteiger partial charge in [-0.2, -0.15) is 0 Å². The lowest BCUT2D eigenvalue weighted by atomic mass is 10.3. The Labute approximate surface area is 69.5 Å². The minimum Gasteiger partial charge on any atom is -0.352 e. The molecule has 1 aromatic rings. The fourth-order valence-corrected chi connectivity index (χ4v) is 1.28. The molecule has 60 valence electrons. The van der Waals surface area contributed by atoms with Crippen LogP contribution in [-0.4, -0.2) is 17.3 Å². The summed E-state index contributed by atoms with van der Waals surface area (Å²) in [6, 6.07) is -0.0962. The highest BCUT2D eigenvalue weighted by Gasteiger charge is 2.03. The van der Waals surface area contributed by atoms with Crippen LogP contribution < -0.4 is 5.32 Å². The molecule has 0 saturated heterocycles. The van der Waals surface area contributed by atoms with Gasteiger partial charge in [-0.05, 0) is 6.42 Å². The van der Waals surface area contributed by atoms with Crippen molar-refractivity contribution in [3.63, 3.8) is 0 Å². The lowest BCUT2D eigenvalue weighted by Gasteiger charge is -2.06. The molecule has 0 fully saturated rings. The van der Waals surface area contributed by atoms with Crippen molar-refractivity contribution in [1.82, 2.24) is 4.98 Å². The zero-order valence-electron chi connectivity index (χ0n) is 6.28. The minimum atomic E-state index is -0.0962. The molecule has 0 aliphatic carbocycles. The highest BCUT2D eigenvalue weighted by atomic mass is 32.1. The Kier molecular flexibility index (Phi) is 3.04. The van der Waals surface area contributed by atoms with Crippen molar-refractivity contribution in [2.45, 2.75) is 19.4 Å². The molecule has 0 saturated carbocycles. The molecule has 1 rings (SSSR count). The lowest BCUT2D eigenvalue weighted by Crippen LogP contribution is -2.19. The molecule has 1 heterocycles. The molecule has 0 spiro atoms. The van der Waals surface area contributed by atoms with Crippen LogP contribution in [0.1, 0.15) is 13.3 Å². The van der Waals surface area contributed by atoms with Gasteiger partial charge in [0, 0.05) is 11.6 Å². The molecule has 4 heteroatoms. The fourth-order valence-electron chi connectivity index (χ4n) is 0.686.